The molecule has 0 aromatic heterocycles. The van der Waals surface area contributed by atoms with Gasteiger partial charge in [0.15, 0.2) is 5.96 Å². The third-order valence-electron chi connectivity index (χ3n) is 8.56. The molecule has 0 radical (unpaired) electrons. The molecule has 9 atom stereocenters. The zero-order valence-electron chi connectivity index (χ0n) is 32.9. The van der Waals surface area contributed by atoms with E-state index in [1.807, 2.05) is 0 Å². The number of aliphatic carboxylic acids is 2. The molecule has 59 heavy (non-hydrogen) atoms. The number of thiol groups is 2. The summed E-state index contributed by atoms with van der Waals surface area (Å²) in [5, 5.41) is 47.8. The van der Waals surface area contributed by atoms with Crippen molar-refractivity contribution in [3.05, 3.63) is 0 Å². The Morgan fingerprint density at radius 1 is 0.610 bits per heavy atom. The molecule has 0 aromatic carbocycles. The molecule has 332 valence electrons. The summed E-state index contributed by atoms with van der Waals surface area (Å²) in [6, 6.07) is -12.6. The fourth-order valence-electron chi connectivity index (χ4n) is 5.27. The largest absolute Gasteiger partial charge is 0.481 e. The maximum absolute atomic E-state index is 13.7. The predicted octanol–water partition coefficient (Wildman–Crippen LogP) is -5.81. The number of carboxylic acids is 2. The van der Waals surface area contributed by atoms with E-state index >= 15 is 0 Å². The van der Waals surface area contributed by atoms with Gasteiger partial charge in [-0.2, -0.15) is 25.3 Å². The number of nitrogens with two attached hydrogens (primary N) is 2. The van der Waals surface area contributed by atoms with Gasteiger partial charge >= 0.3 is 11.9 Å². The first-order valence-electron chi connectivity index (χ1n) is 18.3. The molecule has 26 heteroatoms. The van der Waals surface area contributed by atoms with Gasteiger partial charge in [-0.1, -0.05) is 13.8 Å². The average molecular weight is 878 g/mol. The number of amides is 8. The topological polar surface area (TPSA) is 392 Å². The number of carbonyl (C=O) groups excluding carboxylic acids is 8. The second kappa shape index (κ2) is 25.2. The van der Waals surface area contributed by atoms with Crippen molar-refractivity contribution < 1.29 is 63.3 Å². The molecule has 1 fully saturated rings. The molecule has 0 saturated carbocycles. The fourth-order valence-corrected chi connectivity index (χ4v) is 5.79. The normalized spacial score (nSPS) is 26.6. The van der Waals surface area contributed by atoms with Gasteiger partial charge in [0.2, 0.25) is 47.3 Å². The lowest BCUT2D eigenvalue weighted by Crippen LogP contribution is -2.63. The summed E-state index contributed by atoms with van der Waals surface area (Å²) in [4.78, 5) is 134. The van der Waals surface area contributed by atoms with Crippen LogP contribution in [0.25, 0.3) is 0 Å². The SMILES string of the molecule is CC(C)[C@@H]1NC(=O)[C@H](CCCN=C(N)N)NC(=O)[C@H](CS)NC(=O)[C@H](CS)NC(=O)[C@H]([C@@H](C)O)NC(=O)[C@H](CCC(=O)O)NC(=O)[C@H](C)NC(=O)[C@H](CC(=O)O)NC1=O. The van der Waals surface area contributed by atoms with E-state index in [9.17, 15) is 63.3 Å². The summed E-state index contributed by atoms with van der Waals surface area (Å²) < 4.78 is 0. The van der Waals surface area contributed by atoms with E-state index in [0.29, 0.717) is 0 Å². The van der Waals surface area contributed by atoms with Crippen molar-refractivity contribution >= 4 is 90.4 Å². The predicted molar refractivity (Wildman–Crippen MR) is 214 cm³/mol. The number of carbonyl (C=O) groups is 10. The Balaban J connectivity index is 3.78. The van der Waals surface area contributed by atoms with E-state index in [-0.39, 0.29) is 36.9 Å². The first kappa shape index (κ1) is 51.6. The highest BCUT2D eigenvalue weighted by molar-refractivity contribution is 7.80. The van der Waals surface area contributed by atoms with Crippen molar-refractivity contribution in [3.8, 4) is 0 Å². The van der Waals surface area contributed by atoms with Crippen LogP contribution >= 0.6 is 25.3 Å². The molecular weight excluding hydrogens is 823 g/mol. The molecule has 0 spiro atoms. The molecular formula is C33H55N11O13S2. The number of guanidine groups is 1. The van der Waals surface area contributed by atoms with Gasteiger partial charge < -0.3 is 69.3 Å². The molecule has 0 aliphatic carbocycles. The zero-order chi connectivity index (χ0) is 45.1. The third-order valence-corrected chi connectivity index (χ3v) is 9.29. The number of nitrogens with one attached hydrogen (secondary N) is 8. The van der Waals surface area contributed by atoms with Crippen molar-refractivity contribution in [2.24, 2.45) is 22.4 Å². The Bertz CT molecular complexity index is 1600. The average Bonchev–Trinajstić information content (AvgIpc) is 3.14. The van der Waals surface area contributed by atoms with Crippen LogP contribution in [0.3, 0.4) is 0 Å². The Morgan fingerprint density at radius 2 is 1.03 bits per heavy atom. The smallest absolute Gasteiger partial charge is 0.305 e. The van der Waals surface area contributed by atoms with Crippen molar-refractivity contribution in [1.82, 2.24) is 42.5 Å². The number of hydrogen-bond donors (Lipinski definition) is 15. The molecule has 1 heterocycles. The van der Waals surface area contributed by atoms with Crippen LogP contribution in [0.5, 0.6) is 0 Å². The van der Waals surface area contributed by atoms with Crippen molar-refractivity contribution in [2.75, 3.05) is 18.1 Å². The zero-order valence-corrected chi connectivity index (χ0v) is 34.6. The van der Waals surface area contributed by atoms with Gasteiger partial charge in [-0.25, -0.2) is 0 Å². The van der Waals surface area contributed by atoms with Crippen LogP contribution in [0, 0.1) is 5.92 Å². The van der Waals surface area contributed by atoms with Crippen molar-refractivity contribution in [1.29, 1.82) is 0 Å². The molecule has 0 bridgehead atoms. The van der Waals surface area contributed by atoms with E-state index < -0.39 is 139 Å². The lowest BCUT2D eigenvalue weighted by molar-refractivity contribution is -0.142. The second-order valence-electron chi connectivity index (χ2n) is 13.8. The molecule has 1 aliphatic rings. The van der Waals surface area contributed by atoms with E-state index in [2.05, 4.69) is 72.8 Å². The summed E-state index contributed by atoms with van der Waals surface area (Å²) in [7, 11) is 0. The minimum atomic E-state index is -1.83. The van der Waals surface area contributed by atoms with Gasteiger partial charge in [0, 0.05) is 24.5 Å². The number of rotatable bonds is 13. The highest BCUT2D eigenvalue weighted by atomic mass is 32.1. The van der Waals surface area contributed by atoms with Crippen LogP contribution < -0.4 is 54.0 Å². The summed E-state index contributed by atoms with van der Waals surface area (Å²) in [6.07, 6.45) is -3.85. The van der Waals surface area contributed by atoms with Crippen LogP contribution in [0.2, 0.25) is 0 Å². The number of aliphatic imine (C=N–C) groups is 1. The highest BCUT2D eigenvalue weighted by Crippen LogP contribution is 2.09. The molecule has 0 aromatic rings. The third kappa shape index (κ3) is 18.0. The Kier molecular flexibility index (Phi) is 22.1. The minimum absolute atomic E-state index is 0.0193. The minimum Gasteiger partial charge on any atom is -0.481 e. The number of hydrogen-bond acceptors (Lipinski definition) is 14. The molecule has 24 nitrogen and oxygen atoms in total. The van der Waals surface area contributed by atoms with E-state index in [0.717, 1.165) is 13.8 Å². The number of carboxylic acid groups (broad SMARTS) is 2. The first-order chi connectivity index (χ1) is 27.5. The van der Waals surface area contributed by atoms with E-state index in [1.165, 1.54) is 13.8 Å². The van der Waals surface area contributed by atoms with Crippen LogP contribution in [0.1, 0.15) is 59.8 Å². The summed E-state index contributed by atoms with van der Waals surface area (Å²) >= 11 is 8.24. The lowest BCUT2D eigenvalue weighted by atomic mass is 10.0. The molecule has 1 saturated heterocycles. The highest BCUT2D eigenvalue weighted by Gasteiger charge is 2.37. The maximum Gasteiger partial charge on any atom is 0.305 e. The summed E-state index contributed by atoms with van der Waals surface area (Å²) in [5.41, 5.74) is 10.8. The maximum atomic E-state index is 13.7. The van der Waals surface area contributed by atoms with Crippen LogP contribution in [0.15, 0.2) is 4.99 Å². The molecule has 1 rings (SSSR count). The molecule has 15 N–H and O–H groups in total. The lowest BCUT2D eigenvalue weighted by Gasteiger charge is -2.29. The number of nitrogens with zero attached hydrogens (tertiary/aromatic N) is 1. The Labute approximate surface area is 350 Å². The first-order valence-corrected chi connectivity index (χ1v) is 19.6. The van der Waals surface area contributed by atoms with Crippen molar-refractivity contribution in [2.45, 2.75) is 114 Å². The number of aliphatic hydroxyl groups excluding tert-OH is 1. The summed E-state index contributed by atoms with van der Waals surface area (Å²) in [6.45, 7) is 5.31. The van der Waals surface area contributed by atoms with Crippen LogP contribution in [0.4, 0.5) is 0 Å². The van der Waals surface area contributed by atoms with Crippen LogP contribution in [-0.4, -0.2) is 153 Å². The van der Waals surface area contributed by atoms with E-state index in [1.54, 1.807) is 0 Å². The quantitative estimate of drug-likeness (QED) is 0.0355. The van der Waals surface area contributed by atoms with Crippen molar-refractivity contribution in [3.63, 3.8) is 0 Å². The Morgan fingerprint density at radius 3 is 1.51 bits per heavy atom. The van der Waals surface area contributed by atoms with Gasteiger partial charge in [-0.15, -0.1) is 0 Å². The molecule has 0 unspecified atom stereocenters. The van der Waals surface area contributed by atoms with Crippen LogP contribution in [-0.2, 0) is 47.9 Å². The number of aliphatic hydroxyl groups is 1. The van der Waals surface area contributed by atoms with Gasteiger partial charge in [0.25, 0.3) is 0 Å². The summed E-state index contributed by atoms with van der Waals surface area (Å²) in [5.74, 6) is -13.0. The standard InChI is InChI=1S/C33H55N11O13S2/c1-13(2)23-31(56)40-18(10-22(48)49)28(53)37-14(3)25(50)38-17(7-8-21(46)47)27(52)44-24(15(4)45)32(57)42-20(12-59)30(55)41-19(11-58)29(54)39-16(26(51)43-23)6-5-9-36-33(34)35/h13-20,23-24,45,58-59H,5-12H2,1-4H3,(H,37,53)(H,38,50)(H,39,54)(H,40,56)(H,41,55)(H,42,57)(H,43,51)(H,44,52)(H,46,47)(H,48,49)(H4,34,35,36)/t14-,15+,16-,17-,18-,19-,20-,23-,24-/m0/s1. The Hall–Kier alpha value is -5.37. The van der Waals surface area contributed by atoms with Gasteiger partial charge in [0.05, 0.1) is 12.5 Å². The molecule has 8 amide bonds. The molecule has 1 aliphatic heterocycles. The van der Waals surface area contributed by atoms with Gasteiger partial charge in [-0.3, -0.25) is 52.9 Å². The monoisotopic (exact) mass is 877 g/mol. The fraction of sp³-hybridized carbons (Fsp3) is 0.667. The van der Waals surface area contributed by atoms with E-state index in [4.69, 9.17) is 11.5 Å². The van der Waals surface area contributed by atoms with Gasteiger partial charge in [0.1, 0.15) is 48.3 Å². The van der Waals surface area contributed by atoms with Gasteiger partial charge in [-0.05, 0) is 39.0 Å². The second-order valence-corrected chi connectivity index (χ2v) is 14.6.